The van der Waals surface area contributed by atoms with Gasteiger partial charge < -0.3 is 5.11 Å². The molecule has 2 aliphatic heterocycles. The number of fused-ring (bicyclic) bond motifs is 9. The molecule has 2 heterocycles. The van der Waals surface area contributed by atoms with Crippen molar-refractivity contribution in [2.75, 3.05) is 6.61 Å². The normalized spacial score (nSPS) is 53.4. The molecule has 27 heavy (non-hydrogen) atoms. The molecular weight excluding hydrogens is 356 g/mol. The van der Waals surface area contributed by atoms with Crippen molar-refractivity contribution in [1.82, 2.24) is 0 Å². The fourth-order valence-electron chi connectivity index (χ4n) is 8.25. The molecule has 2 bridgehead atoms. The minimum atomic E-state index is -0.301. The highest BCUT2D eigenvalue weighted by Gasteiger charge is 2.68. The third kappa shape index (κ3) is 2.15. The zero-order valence-electron chi connectivity index (χ0n) is 16.8. The van der Waals surface area contributed by atoms with Gasteiger partial charge in [-0.1, -0.05) is 13.8 Å². The second-order valence-corrected chi connectivity index (χ2v) is 12.2. The van der Waals surface area contributed by atoms with E-state index in [1.165, 1.54) is 18.4 Å². The van der Waals surface area contributed by atoms with Crippen LogP contribution in [0.3, 0.4) is 0 Å². The molecule has 5 unspecified atom stereocenters. The molecule has 4 fully saturated rings. The number of hydrogen-bond acceptors (Lipinski definition) is 4. The average molecular weight is 389 g/mol. The molecule has 0 aromatic heterocycles. The van der Waals surface area contributed by atoms with E-state index >= 15 is 0 Å². The van der Waals surface area contributed by atoms with Gasteiger partial charge in [0.25, 0.3) is 0 Å². The number of carbonyl (C=O) groups excluding carboxylic acids is 2. The summed E-state index contributed by atoms with van der Waals surface area (Å²) in [5.41, 5.74) is 1.65. The molecule has 5 rings (SSSR count). The Hall–Kier alpha value is -0.610. The Kier molecular flexibility index (Phi) is 3.90. The van der Waals surface area contributed by atoms with Gasteiger partial charge in [0.05, 0.1) is 0 Å². The van der Waals surface area contributed by atoms with E-state index in [1.54, 1.807) is 0 Å². The molecule has 0 aromatic carbocycles. The first-order valence-corrected chi connectivity index (χ1v) is 11.7. The summed E-state index contributed by atoms with van der Waals surface area (Å²) >= 11 is 2.16. The lowest BCUT2D eigenvalue weighted by molar-refractivity contribution is -0.131. The molecule has 0 spiro atoms. The van der Waals surface area contributed by atoms with Gasteiger partial charge in [0, 0.05) is 27.8 Å². The number of Topliss-reactive ketones (excluding diaryl/α,β-unsaturated/α-hetero) is 1. The van der Waals surface area contributed by atoms with Gasteiger partial charge in [-0.2, -0.15) is 0 Å². The van der Waals surface area contributed by atoms with Gasteiger partial charge in [0.2, 0.25) is 0 Å². The van der Waals surface area contributed by atoms with E-state index in [1.807, 2.05) is 6.08 Å². The van der Waals surface area contributed by atoms with Crippen LogP contribution in [0, 0.1) is 34.5 Å². The summed E-state index contributed by atoms with van der Waals surface area (Å²) in [5, 5.41) is 9.96. The van der Waals surface area contributed by atoms with Gasteiger partial charge in [-0.3, -0.25) is 9.59 Å². The van der Waals surface area contributed by atoms with E-state index in [9.17, 15) is 14.7 Å². The summed E-state index contributed by atoms with van der Waals surface area (Å²) in [6.45, 7) is 6.96. The quantitative estimate of drug-likeness (QED) is 0.771. The van der Waals surface area contributed by atoms with Crippen molar-refractivity contribution in [3.8, 4) is 0 Å². The zero-order chi connectivity index (χ0) is 19.2. The maximum Gasteiger partial charge on any atom is 0.161 e. The third-order valence-electron chi connectivity index (χ3n) is 9.83. The molecule has 0 amide bonds. The molecule has 1 N–H and O–H groups in total. The summed E-state index contributed by atoms with van der Waals surface area (Å²) < 4.78 is 0.216. The van der Waals surface area contributed by atoms with Crippen LogP contribution in [0.25, 0.3) is 0 Å². The van der Waals surface area contributed by atoms with Crippen LogP contribution in [0.15, 0.2) is 11.6 Å². The molecule has 2 saturated heterocycles. The Bertz CT molecular complexity index is 744. The molecule has 2 saturated carbocycles. The highest BCUT2D eigenvalue weighted by atomic mass is 32.2. The first-order chi connectivity index (χ1) is 12.7. The molecule has 0 aromatic rings. The van der Waals surface area contributed by atoms with Crippen LogP contribution in [0.4, 0.5) is 0 Å². The van der Waals surface area contributed by atoms with Crippen molar-refractivity contribution in [2.45, 2.75) is 75.7 Å². The smallest absolute Gasteiger partial charge is 0.161 e. The standard InChI is InChI=1S/C23H32O3S/c1-21-8-7-16-14(15(21)4-5-17(21)19(26)12-24)11-20-18-10-13(25)6-9-22(18,2)23(16,3)27-20/h10,14-17,20,24H,4-9,11-12H2,1-3H3/t14?,15?,16?,17?,20-,21+,22+,23?/m1/s1. The number of allylic oxidation sites excluding steroid dienone is 1. The van der Waals surface area contributed by atoms with E-state index in [4.69, 9.17) is 0 Å². The molecule has 3 aliphatic carbocycles. The van der Waals surface area contributed by atoms with Crippen LogP contribution in [0.5, 0.6) is 0 Å². The molecule has 5 aliphatic rings. The summed E-state index contributed by atoms with van der Waals surface area (Å²) in [5.74, 6) is 2.37. The third-order valence-corrected chi connectivity index (χ3v) is 11.8. The predicted molar refractivity (Wildman–Crippen MR) is 107 cm³/mol. The summed E-state index contributed by atoms with van der Waals surface area (Å²) in [6, 6.07) is 0. The van der Waals surface area contributed by atoms with Crippen molar-refractivity contribution >= 4 is 23.3 Å². The Morgan fingerprint density at radius 3 is 2.70 bits per heavy atom. The minimum absolute atomic E-state index is 0.0483. The van der Waals surface area contributed by atoms with E-state index in [0.717, 1.165) is 25.7 Å². The second-order valence-electron chi connectivity index (χ2n) is 10.5. The Morgan fingerprint density at radius 1 is 1.19 bits per heavy atom. The summed E-state index contributed by atoms with van der Waals surface area (Å²) in [7, 11) is 0. The van der Waals surface area contributed by atoms with Gasteiger partial charge in [-0.15, -0.1) is 11.8 Å². The highest BCUT2D eigenvalue weighted by Crippen LogP contribution is 2.74. The topological polar surface area (TPSA) is 54.4 Å². The maximum atomic E-state index is 12.4. The number of ketones is 2. The second kappa shape index (κ2) is 5.72. The zero-order valence-corrected chi connectivity index (χ0v) is 17.6. The summed E-state index contributed by atoms with van der Waals surface area (Å²) in [6.07, 6.45) is 9.30. The van der Waals surface area contributed by atoms with E-state index in [2.05, 4.69) is 32.5 Å². The Labute approximate surface area is 166 Å². The molecule has 148 valence electrons. The van der Waals surface area contributed by atoms with Crippen molar-refractivity contribution < 1.29 is 14.7 Å². The van der Waals surface area contributed by atoms with Crippen LogP contribution in [-0.2, 0) is 9.59 Å². The first kappa shape index (κ1) is 18.4. The molecule has 8 atom stereocenters. The number of thioether (sulfide) groups is 1. The van der Waals surface area contributed by atoms with Gasteiger partial charge >= 0.3 is 0 Å². The summed E-state index contributed by atoms with van der Waals surface area (Å²) in [4.78, 5) is 24.6. The number of aliphatic hydroxyl groups is 1. The van der Waals surface area contributed by atoms with Crippen LogP contribution in [0.1, 0.15) is 65.7 Å². The van der Waals surface area contributed by atoms with Crippen LogP contribution >= 0.6 is 11.8 Å². The molecular formula is C23H32O3S. The fourth-order valence-corrected chi connectivity index (χ4v) is 10.6. The van der Waals surface area contributed by atoms with Crippen LogP contribution in [0.2, 0.25) is 0 Å². The lowest BCUT2D eigenvalue weighted by Gasteiger charge is -2.57. The Morgan fingerprint density at radius 2 is 1.96 bits per heavy atom. The van der Waals surface area contributed by atoms with Crippen molar-refractivity contribution in [1.29, 1.82) is 0 Å². The van der Waals surface area contributed by atoms with Crippen molar-refractivity contribution in [3.05, 3.63) is 11.6 Å². The molecule has 4 heteroatoms. The molecule has 0 radical (unpaired) electrons. The fraction of sp³-hybridized carbons (Fsp3) is 0.826. The van der Waals surface area contributed by atoms with Gasteiger partial charge in [-0.05, 0) is 80.3 Å². The highest BCUT2D eigenvalue weighted by molar-refractivity contribution is 8.01. The monoisotopic (exact) mass is 388 g/mol. The lowest BCUT2D eigenvalue weighted by Crippen LogP contribution is -2.54. The maximum absolute atomic E-state index is 12.4. The van der Waals surface area contributed by atoms with E-state index in [-0.39, 0.29) is 33.9 Å². The average Bonchev–Trinajstić information content (AvgIpc) is 3.07. The van der Waals surface area contributed by atoms with E-state index in [0.29, 0.717) is 35.2 Å². The Balaban J connectivity index is 1.54. The largest absolute Gasteiger partial charge is 0.389 e. The first-order valence-electron chi connectivity index (χ1n) is 10.8. The van der Waals surface area contributed by atoms with Crippen molar-refractivity contribution in [2.24, 2.45) is 34.5 Å². The van der Waals surface area contributed by atoms with Gasteiger partial charge in [-0.25, -0.2) is 0 Å². The predicted octanol–water partition coefficient (Wildman–Crippen LogP) is 4.18. The van der Waals surface area contributed by atoms with Crippen molar-refractivity contribution in [3.63, 3.8) is 0 Å². The number of hydrogen-bond donors (Lipinski definition) is 1. The van der Waals surface area contributed by atoms with Gasteiger partial charge in [0.1, 0.15) is 6.61 Å². The lowest BCUT2D eigenvalue weighted by atomic mass is 9.52. The number of carbonyl (C=O) groups is 2. The minimum Gasteiger partial charge on any atom is -0.389 e. The van der Waals surface area contributed by atoms with Crippen LogP contribution < -0.4 is 0 Å². The van der Waals surface area contributed by atoms with Crippen LogP contribution in [-0.4, -0.2) is 33.3 Å². The molecule has 3 nitrogen and oxygen atoms in total. The SMILES string of the molecule is CC12S[C@H](CC3C1CC[C@]1(C)C(C(=O)CO)CCC31)C1=CC(=O)CC[C@@]12C. The number of aliphatic hydroxyl groups excluding tert-OH is 1. The van der Waals surface area contributed by atoms with E-state index < -0.39 is 0 Å². The number of rotatable bonds is 2. The van der Waals surface area contributed by atoms with Gasteiger partial charge in [0.15, 0.2) is 11.6 Å².